The first-order valence-electron chi connectivity index (χ1n) is 4.58. The third-order valence-electron chi connectivity index (χ3n) is 1.66. The molecular weight excluding hydrogens is 220 g/mol. The van der Waals surface area contributed by atoms with Crippen molar-refractivity contribution in [1.82, 2.24) is 0 Å². The normalized spacial score (nSPS) is 11.8. The van der Waals surface area contributed by atoms with Crippen LogP contribution in [0.15, 0.2) is 72.1 Å². The fourth-order valence-electron chi connectivity index (χ4n) is 0.758. The molecule has 0 N–H and O–H groups in total. The van der Waals surface area contributed by atoms with Gasteiger partial charge in [-0.1, -0.05) is 50.1 Å². The average Bonchev–Trinajstić information content (AvgIpc) is 2.21. The third kappa shape index (κ3) is 4.28. The Labute approximate surface area is 97.6 Å². The number of hydrogen-bond acceptors (Lipinski definition) is 2. The van der Waals surface area contributed by atoms with E-state index >= 15 is 0 Å². The summed E-state index contributed by atoms with van der Waals surface area (Å²) in [7, 11) is -3.56. The first-order valence-corrected chi connectivity index (χ1v) is 6.06. The lowest BCUT2D eigenvalue weighted by molar-refractivity contribution is 0.609. The molecule has 0 atom stereocenters. The van der Waals surface area contributed by atoms with Crippen LogP contribution in [0.1, 0.15) is 6.92 Å². The summed E-state index contributed by atoms with van der Waals surface area (Å²) in [4.78, 5) is -0.0158. The molecule has 2 nitrogen and oxygen atoms in total. The van der Waals surface area contributed by atoms with Gasteiger partial charge in [0.1, 0.15) is 0 Å². The van der Waals surface area contributed by atoms with Crippen molar-refractivity contribution in [3.63, 3.8) is 0 Å². The molecule has 0 aromatic carbocycles. The Kier molecular flexibility index (Phi) is 5.47. The van der Waals surface area contributed by atoms with Crippen LogP contribution in [-0.2, 0) is 9.84 Å². The highest BCUT2D eigenvalue weighted by Crippen LogP contribution is 2.17. The van der Waals surface area contributed by atoms with Crippen molar-refractivity contribution < 1.29 is 8.42 Å². The van der Waals surface area contributed by atoms with Gasteiger partial charge in [-0.3, -0.25) is 0 Å². The van der Waals surface area contributed by atoms with Gasteiger partial charge in [-0.05, 0) is 19.1 Å². The molecule has 0 heterocycles. The van der Waals surface area contributed by atoms with Gasteiger partial charge in [0, 0.05) is 0 Å². The Morgan fingerprint density at radius 3 is 1.94 bits per heavy atom. The van der Waals surface area contributed by atoms with Gasteiger partial charge in [0.2, 0.25) is 9.84 Å². The van der Waals surface area contributed by atoms with Crippen LogP contribution >= 0.6 is 0 Å². The standard InChI is InChI=1S/C13H16O2S/c1-6-7-8-12(4)16(14,15)13(5)10-9-11(2)3/h6-10H,1-2,4-5H2,3H3/b8-7-,10-9-. The fourth-order valence-corrected chi connectivity index (χ4v) is 1.60. The van der Waals surface area contributed by atoms with E-state index in [0.29, 0.717) is 0 Å². The van der Waals surface area contributed by atoms with Crippen LogP contribution in [0.5, 0.6) is 0 Å². The molecule has 0 aromatic rings. The van der Waals surface area contributed by atoms with Gasteiger partial charge in [-0.25, -0.2) is 8.42 Å². The molecule has 0 saturated heterocycles. The lowest BCUT2D eigenvalue weighted by atomic mass is 10.3. The summed E-state index contributed by atoms with van der Waals surface area (Å²) in [6.07, 6.45) is 7.36. The summed E-state index contributed by atoms with van der Waals surface area (Å²) in [5.74, 6) is 0. The maximum absolute atomic E-state index is 11.8. The lowest BCUT2D eigenvalue weighted by Crippen LogP contribution is -2.02. The van der Waals surface area contributed by atoms with E-state index in [1.165, 1.54) is 24.3 Å². The minimum absolute atomic E-state index is 0.00536. The second-order valence-corrected chi connectivity index (χ2v) is 5.27. The van der Waals surface area contributed by atoms with E-state index in [0.717, 1.165) is 5.57 Å². The highest BCUT2D eigenvalue weighted by molar-refractivity contribution is 7.99. The summed E-state index contributed by atoms with van der Waals surface area (Å²) in [5, 5.41) is 0. The van der Waals surface area contributed by atoms with Crippen molar-refractivity contribution in [1.29, 1.82) is 0 Å². The maximum Gasteiger partial charge on any atom is 0.205 e. The zero-order chi connectivity index (χ0) is 12.8. The van der Waals surface area contributed by atoms with Crippen LogP contribution in [0.25, 0.3) is 0 Å². The van der Waals surface area contributed by atoms with Gasteiger partial charge in [0.15, 0.2) is 0 Å². The molecule has 0 aliphatic carbocycles. The predicted octanol–water partition coefficient (Wildman–Crippen LogP) is 3.30. The van der Waals surface area contributed by atoms with Crippen LogP contribution < -0.4 is 0 Å². The van der Waals surface area contributed by atoms with E-state index in [4.69, 9.17) is 0 Å². The van der Waals surface area contributed by atoms with Crippen molar-refractivity contribution >= 4 is 9.84 Å². The summed E-state index contributed by atoms with van der Waals surface area (Å²) in [6, 6.07) is 0. The Morgan fingerprint density at radius 1 is 1.00 bits per heavy atom. The van der Waals surface area contributed by atoms with Gasteiger partial charge in [-0.15, -0.1) is 0 Å². The predicted molar refractivity (Wildman–Crippen MR) is 70.5 cm³/mol. The van der Waals surface area contributed by atoms with Crippen LogP contribution in [0.4, 0.5) is 0 Å². The summed E-state index contributed by atoms with van der Waals surface area (Å²) in [6.45, 7) is 15.8. The monoisotopic (exact) mass is 236 g/mol. The number of hydrogen-bond donors (Lipinski definition) is 0. The second kappa shape index (κ2) is 6.08. The van der Waals surface area contributed by atoms with E-state index in [9.17, 15) is 8.42 Å². The van der Waals surface area contributed by atoms with E-state index in [2.05, 4.69) is 26.3 Å². The Bertz CT molecular complexity index is 474. The average molecular weight is 236 g/mol. The van der Waals surface area contributed by atoms with Crippen LogP contribution in [0.3, 0.4) is 0 Å². The van der Waals surface area contributed by atoms with E-state index in [-0.39, 0.29) is 9.81 Å². The highest BCUT2D eigenvalue weighted by atomic mass is 32.2. The van der Waals surface area contributed by atoms with E-state index in [1.807, 2.05) is 0 Å². The molecule has 0 bridgehead atoms. The summed E-state index contributed by atoms with van der Waals surface area (Å²) in [5.41, 5.74) is 0.753. The molecule has 0 aromatic heterocycles. The summed E-state index contributed by atoms with van der Waals surface area (Å²) >= 11 is 0. The van der Waals surface area contributed by atoms with Gasteiger partial charge >= 0.3 is 0 Å². The van der Waals surface area contributed by atoms with Crippen molar-refractivity contribution in [2.75, 3.05) is 0 Å². The lowest BCUT2D eigenvalue weighted by Gasteiger charge is -2.02. The molecule has 0 saturated carbocycles. The third-order valence-corrected chi connectivity index (χ3v) is 3.32. The molecule has 0 spiro atoms. The summed E-state index contributed by atoms with van der Waals surface area (Å²) < 4.78 is 23.6. The molecule has 0 aliphatic heterocycles. The van der Waals surface area contributed by atoms with Gasteiger partial charge in [0.25, 0.3) is 0 Å². The Morgan fingerprint density at radius 2 is 1.50 bits per heavy atom. The molecule has 0 fully saturated rings. The molecule has 0 amide bonds. The first kappa shape index (κ1) is 14.4. The first-order chi connectivity index (χ1) is 7.32. The molecule has 0 radical (unpaired) electrons. The van der Waals surface area contributed by atoms with E-state index in [1.54, 1.807) is 13.0 Å². The van der Waals surface area contributed by atoms with Crippen LogP contribution in [-0.4, -0.2) is 8.42 Å². The molecular formula is C13H16O2S. The SMILES string of the molecule is C=C/C=C\C(=C)S(=O)(=O)C(=C)/C=C\C(=C)C. The van der Waals surface area contributed by atoms with Gasteiger partial charge in [-0.2, -0.15) is 0 Å². The topological polar surface area (TPSA) is 34.1 Å². The van der Waals surface area contributed by atoms with Gasteiger partial charge < -0.3 is 0 Å². The van der Waals surface area contributed by atoms with E-state index < -0.39 is 9.84 Å². The number of rotatable bonds is 6. The largest absolute Gasteiger partial charge is 0.219 e. The van der Waals surface area contributed by atoms with Crippen LogP contribution in [0.2, 0.25) is 0 Å². The van der Waals surface area contributed by atoms with Crippen molar-refractivity contribution in [2.24, 2.45) is 0 Å². The molecule has 16 heavy (non-hydrogen) atoms. The molecule has 0 rings (SSSR count). The fraction of sp³-hybridized carbons (Fsp3) is 0.0769. The number of sulfone groups is 1. The Hall–Kier alpha value is -1.61. The molecule has 0 aliphatic rings. The van der Waals surface area contributed by atoms with Crippen molar-refractivity contribution in [3.05, 3.63) is 72.1 Å². The second-order valence-electron chi connectivity index (χ2n) is 3.21. The van der Waals surface area contributed by atoms with Gasteiger partial charge in [0.05, 0.1) is 9.81 Å². The van der Waals surface area contributed by atoms with Crippen molar-refractivity contribution in [2.45, 2.75) is 6.92 Å². The molecule has 3 heteroatoms. The minimum Gasteiger partial charge on any atom is -0.219 e. The Balaban J connectivity index is 5.01. The minimum atomic E-state index is -3.56. The van der Waals surface area contributed by atoms with Crippen LogP contribution in [0, 0.1) is 0 Å². The van der Waals surface area contributed by atoms with Crippen molar-refractivity contribution in [3.8, 4) is 0 Å². The zero-order valence-electron chi connectivity index (χ0n) is 9.44. The quantitative estimate of drug-likeness (QED) is 0.663. The maximum atomic E-state index is 11.8. The zero-order valence-corrected chi connectivity index (χ0v) is 10.3. The number of allylic oxidation sites excluding steroid dienone is 6. The smallest absolute Gasteiger partial charge is 0.205 e. The highest BCUT2D eigenvalue weighted by Gasteiger charge is 2.15. The molecule has 86 valence electrons. The molecule has 0 unspecified atom stereocenters.